The van der Waals surface area contributed by atoms with Gasteiger partial charge in [-0.2, -0.15) is 11.3 Å². The maximum absolute atomic E-state index is 12.6. The molecule has 2 N–H and O–H groups in total. The molecule has 0 aliphatic carbocycles. The van der Waals surface area contributed by atoms with Gasteiger partial charge in [-0.3, -0.25) is 20.4 Å². The molecule has 1 aromatic carbocycles. The third-order valence-corrected chi connectivity index (χ3v) is 7.18. The van der Waals surface area contributed by atoms with Crippen LogP contribution in [0.4, 0.5) is 0 Å². The lowest BCUT2D eigenvalue weighted by atomic mass is 10.2. The molecule has 3 aromatic heterocycles. The van der Waals surface area contributed by atoms with Gasteiger partial charge in [-0.05, 0) is 25.3 Å². The van der Waals surface area contributed by atoms with Crippen molar-refractivity contribution in [3.05, 3.63) is 68.3 Å². The van der Waals surface area contributed by atoms with E-state index in [1.165, 1.54) is 22.7 Å². The van der Waals surface area contributed by atoms with Crippen molar-refractivity contribution in [1.82, 2.24) is 20.8 Å². The van der Waals surface area contributed by atoms with Crippen LogP contribution in [-0.4, -0.2) is 21.8 Å². The minimum atomic E-state index is -0.393. The molecule has 0 aliphatic rings. The van der Waals surface area contributed by atoms with Gasteiger partial charge >= 0.3 is 0 Å². The molecular formula is C20H16N4O2S3. The molecule has 9 heteroatoms. The van der Waals surface area contributed by atoms with Crippen molar-refractivity contribution in [2.24, 2.45) is 0 Å². The fourth-order valence-corrected chi connectivity index (χ4v) is 5.29. The average Bonchev–Trinajstić information content (AvgIpc) is 3.46. The van der Waals surface area contributed by atoms with Crippen LogP contribution in [-0.2, 0) is 0 Å². The van der Waals surface area contributed by atoms with Gasteiger partial charge in [-0.25, -0.2) is 9.97 Å². The van der Waals surface area contributed by atoms with Crippen molar-refractivity contribution in [3.8, 4) is 21.1 Å². The Morgan fingerprint density at radius 3 is 1.86 bits per heavy atom. The Morgan fingerprint density at radius 1 is 0.793 bits per heavy atom. The zero-order valence-corrected chi connectivity index (χ0v) is 18.0. The topological polar surface area (TPSA) is 84.0 Å². The van der Waals surface area contributed by atoms with Gasteiger partial charge in [0.2, 0.25) is 0 Å². The number of aromatic nitrogens is 2. The quantitative estimate of drug-likeness (QED) is 0.451. The molecule has 0 spiro atoms. The highest BCUT2D eigenvalue weighted by molar-refractivity contribution is 7.17. The van der Waals surface area contributed by atoms with E-state index in [4.69, 9.17) is 0 Å². The second-order valence-electron chi connectivity index (χ2n) is 6.15. The Hall–Kier alpha value is -2.88. The summed E-state index contributed by atoms with van der Waals surface area (Å²) in [4.78, 5) is 34.9. The number of carbonyl (C=O) groups is 2. The summed E-state index contributed by atoms with van der Waals surface area (Å²) in [5.74, 6) is -0.781. The summed E-state index contributed by atoms with van der Waals surface area (Å²) in [5.41, 5.74) is 8.16. The lowest BCUT2D eigenvalue weighted by Crippen LogP contribution is -2.41. The molecule has 4 aromatic rings. The van der Waals surface area contributed by atoms with E-state index in [0.717, 1.165) is 21.1 Å². The van der Waals surface area contributed by atoms with Gasteiger partial charge in [0.1, 0.15) is 19.8 Å². The molecule has 0 aliphatic heterocycles. The predicted molar refractivity (Wildman–Crippen MR) is 117 cm³/mol. The van der Waals surface area contributed by atoms with Crippen molar-refractivity contribution in [3.63, 3.8) is 0 Å². The second kappa shape index (κ2) is 8.24. The van der Waals surface area contributed by atoms with Crippen LogP contribution in [0.15, 0.2) is 47.2 Å². The smallest absolute Gasteiger partial charge is 0.266 e. The van der Waals surface area contributed by atoms with E-state index in [0.29, 0.717) is 21.1 Å². The van der Waals surface area contributed by atoms with Crippen LogP contribution in [0.2, 0.25) is 0 Å². The maximum atomic E-state index is 12.6. The number of hydrogen-bond acceptors (Lipinski definition) is 7. The zero-order valence-electron chi connectivity index (χ0n) is 15.6. The Bertz CT molecular complexity index is 1160. The van der Waals surface area contributed by atoms with Crippen LogP contribution >= 0.6 is 34.0 Å². The summed E-state index contributed by atoms with van der Waals surface area (Å²) >= 11 is 4.17. The third kappa shape index (κ3) is 4.12. The van der Waals surface area contributed by atoms with E-state index < -0.39 is 5.91 Å². The average molecular weight is 441 g/mol. The van der Waals surface area contributed by atoms with Crippen LogP contribution in [0.3, 0.4) is 0 Å². The van der Waals surface area contributed by atoms with Crippen molar-refractivity contribution in [1.29, 1.82) is 0 Å². The Kier molecular flexibility index (Phi) is 5.52. The highest BCUT2D eigenvalue weighted by Gasteiger charge is 2.20. The Labute approximate surface area is 179 Å². The summed E-state index contributed by atoms with van der Waals surface area (Å²) < 4.78 is 0. The number of amides is 2. The number of nitrogens with zero attached hydrogens (tertiary/aromatic N) is 2. The molecule has 0 fully saturated rings. The lowest BCUT2D eigenvalue weighted by molar-refractivity contribution is 0.0850. The van der Waals surface area contributed by atoms with E-state index in [1.807, 2.05) is 47.2 Å². The molecule has 29 heavy (non-hydrogen) atoms. The SMILES string of the molecule is Cc1nc(-c2ccccc2)sc1C(=O)NNC(=O)c1sc(-c2ccsc2)nc1C. The standard InChI is InChI=1S/C20H16N4O2S3/c1-11-15(28-19(21-11)13-6-4-3-5-7-13)17(25)23-24-18(26)16-12(2)22-20(29-16)14-8-9-27-10-14/h3-10H,1-2H3,(H,23,25)(H,24,26). The van der Waals surface area contributed by atoms with Crippen LogP contribution in [0.25, 0.3) is 21.1 Å². The number of carbonyl (C=O) groups excluding carboxylic acids is 2. The van der Waals surface area contributed by atoms with Gasteiger partial charge in [0.15, 0.2) is 0 Å². The number of nitrogens with one attached hydrogen (secondary N) is 2. The number of benzene rings is 1. The highest BCUT2D eigenvalue weighted by atomic mass is 32.1. The first-order valence-corrected chi connectivity index (χ1v) is 11.2. The minimum absolute atomic E-state index is 0.389. The number of rotatable bonds is 4. The van der Waals surface area contributed by atoms with Crippen molar-refractivity contribution in [2.45, 2.75) is 13.8 Å². The van der Waals surface area contributed by atoms with Gasteiger partial charge < -0.3 is 0 Å². The molecule has 6 nitrogen and oxygen atoms in total. The summed E-state index contributed by atoms with van der Waals surface area (Å²) in [7, 11) is 0. The van der Waals surface area contributed by atoms with Gasteiger partial charge in [0.05, 0.1) is 11.4 Å². The van der Waals surface area contributed by atoms with E-state index in [2.05, 4.69) is 20.8 Å². The van der Waals surface area contributed by atoms with E-state index in [-0.39, 0.29) is 5.91 Å². The molecule has 0 atom stereocenters. The second-order valence-corrected chi connectivity index (χ2v) is 8.93. The first-order chi connectivity index (χ1) is 14.0. The number of aryl methyl sites for hydroxylation is 2. The van der Waals surface area contributed by atoms with Gasteiger partial charge in [0, 0.05) is 16.5 Å². The van der Waals surface area contributed by atoms with Crippen LogP contribution in [0, 0.1) is 13.8 Å². The molecule has 0 bridgehead atoms. The van der Waals surface area contributed by atoms with Gasteiger partial charge in [-0.1, -0.05) is 30.3 Å². The van der Waals surface area contributed by atoms with Gasteiger partial charge in [0.25, 0.3) is 11.8 Å². The minimum Gasteiger partial charge on any atom is -0.266 e. The molecule has 0 saturated carbocycles. The molecule has 2 amide bonds. The molecule has 3 heterocycles. The largest absolute Gasteiger partial charge is 0.281 e. The van der Waals surface area contributed by atoms with Crippen LogP contribution in [0.1, 0.15) is 30.7 Å². The Balaban J connectivity index is 1.45. The molecule has 0 saturated heterocycles. The summed E-state index contributed by atoms with van der Waals surface area (Å²) in [6, 6.07) is 11.6. The van der Waals surface area contributed by atoms with Crippen molar-refractivity contribution in [2.75, 3.05) is 0 Å². The third-order valence-electron chi connectivity index (χ3n) is 4.08. The zero-order chi connectivity index (χ0) is 20.4. The van der Waals surface area contributed by atoms with Crippen molar-refractivity contribution < 1.29 is 9.59 Å². The summed E-state index contributed by atoms with van der Waals surface area (Å²) in [6.45, 7) is 3.56. The Morgan fingerprint density at radius 2 is 1.34 bits per heavy atom. The lowest BCUT2D eigenvalue weighted by Gasteiger charge is -2.05. The molecule has 0 radical (unpaired) electrons. The fraction of sp³-hybridized carbons (Fsp3) is 0.100. The van der Waals surface area contributed by atoms with Crippen LogP contribution < -0.4 is 10.9 Å². The van der Waals surface area contributed by atoms with E-state index in [1.54, 1.807) is 25.2 Å². The van der Waals surface area contributed by atoms with E-state index >= 15 is 0 Å². The van der Waals surface area contributed by atoms with Crippen LogP contribution in [0.5, 0.6) is 0 Å². The molecule has 0 unspecified atom stereocenters. The van der Waals surface area contributed by atoms with E-state index in [9.17, 15) is 9.59 Å². The highest BCUT2D eigenvalue weighted by Crippen LogP contribution is 2.30. The summed E-state index contributed by atoms with van der Waals surface area (Å²) in [5, 5.41) is 5.50. The maximum Gasteiger partial charge on any atom is 0.281 e. The monoisotopic (exact) mass is 440 g/mol. The first-order valence-electron chi connectivity index (χ1n) is 8.66. The molecule has 4 rings (SSSR count). The normalized spacial score (nSPS) is 10.7. The fourth-order valence-electron chi connectivity index (χ4n) is 2.66. The van der Waals surface area contributed by atoms with Crippen molar-refractivity contribution >= 4 is 45.8 Å². The molecule has 146 valence electrons. The number of thiophene rings is 1. The molecular weight excluding hydrogens is 424 g/mol. The predicted octanol–water partition coefficient (Wildman–Crippen LogP) is 4.69. The summed E-state index contributed by atoms with van der Waals surface area (Å²) in [6.07, 6.45) is 0. The first kappa shape index (κ1) is 19.4. The number of hydrazine groups is 1. The van der Waals surface area contributed by atoms with Gasteiger partial charge in [-0.15, -0.1) is 22.7 Å². The number of thiazole rings is 2. The number of hydrogen-bond donors (Lipinski definition) is 2.